The van der Waals surface area contributed by atoms with Crippen molar-refractivity contribution in [2.75, 3.05) is 18.5 Å². The Morgan fingerprint density at radius 1 is 1.36 bits per heavy atom. The van der Waals surface area contributed by atoms with Crippen molar-refractivity contribution >= 4 is 5.91 Å². The van der Waals surface area contributed by atoms with Gasteiger partial charge in [0.25, 0.3) is 0 Å². The van der Waals surface area contributed by atoms with Crippen molar-refractivity contribution in [1.82, 2.24) is 9.99 Å². The fourth-order valence-electron chi connectivity index (χ4n) is 0.983. The molecule has 0 aromatic carbocycles. The van der Waals surface area contributed by atoms with E-state index in [-0.39, 0.29) is 5.91 Å². The second-order valence-electron chi connectivity index (χ2n) is 3.62. The van der Waals surface area contributed by atoms with E-state index >= 15 is 0 Å². The third kappa shape index (κ3) is 3.98. The largest absolute Gasteiger partial charge is 0.354 e. The van der Waals surface area contributed by atoms with Crippen LogP contribution in [0.2, 0.25) is 0 Å². The van der Waals surface area contributed by atoms with Gasteiger partial charge in [0.2, 0.25) is 5.91 Å². The van der Waals surface area contributed by atoms with Crippen LogP contribution < -0.4 is 10.7 Å². The van der Waals surface area contributed by atoms with Gasteiger partial charge in [-0.15, -0.1) is 0 Å². The van der Waals surface area contributed by atoms with Crippen LogP contribution in [-0.2, 0) is 4.79 Å². The highest BCUT2D eigenvalue weighted by Crippen LogP contribution is 1.87. The number of hydrogen-bond acceptors (Lipinski definition) is 2. The normalized spacial score (nSPS) is 10.2. The van der Waals surface area contributed by atoms with Crippen molar-refractivity contribution in [2.24, 2.45) is 5.92 Å². The minimum Gasteiger partial charge on any atom is -0.354 e. The van der Waals surface area contributed by atoms with Gasteiger partial charge in [-0.2, -0.15) is 0 Å². The molecule has 78 valence electrons. The third-order valence-electron chi connectivity index (χ3n) is 1.73. The summed E-state index contributed by atoms with van der Waals surface area (Å²) in [6, 6.07) is 3.80. The molecule has 0 spiro atoms. The number of nitrogens with one attached hydrogen (secondary N) is 2. The summed E-state index contributed by atoms with van der Waals surface area (Å²) in [5.41, 5.74) is 2.95. The Kier molecular flexibility index (Phi) is 4.04. The number of amides is 1. The van der Waals surface area contributed by atoms with E-state index in [9.17, 15) is 4.79 Å². The van der Waals surface area contributed by atoms with Gasteiger partial charge < -0.3 is 10.7 Å². The zero-order valence-corrected chi connectivity index (χ0v) is 8.66. The van der Waals surface area contributed by atoms with Gasteiger partial charge in [-0.05, 0) is 18.1 Å². The minimum atomic E-state index is 0.0207. The maximum absolute atomic E-state index is 11.3. The van der Waals surface area contributed by atoms with Crippen LogP contribution in [0.4, 0.5) is 0 Å². The van der Waals surface area contributed by atoms with E-state index in [2.05, 4.69) is 24.6 Å². The van der Waals surface area contributed by atoms with Crippen LogP contribution >= 0.6 is 0 Å². The summed E-state index contributed by atoms with van der Waals surface area (Å²) in [5.74, 6) is 0.512. The molecule has 0 saturated carbocycles. The van der Waals surface area contributed by atoms with Crippen molar-refractivity contribution < 1.29 is 4.79 Å². The number of carbonyl (C=O) groups is 1. The second kappa shape index (κ2) is 5.32. The molecule has 1 aromatic rings. The predicted octanol–water partition coefficient (Wildman–Crippen LogP) is 0.804. The Labute approximate surface area is 84.3 Å². The van der Waals surface area contributed by atoms with Crippen molar-refractivity contribution in [2.45, 2.75) is 13.8 Å². The van der Waals surface area contributed by atoms with Gasteiger partial charge in [-0.1, -0.05) is 13.8 Å². The van der Waals surface area contributed by atoms with Gasteiger partial charge >= 0.3 is 0 Å². The molecule has 1 aromatic heterocycles. The highest BCUT2D eigenvalue weighted by molar-refractivity contribution is 5.79. The van der Waals surface area contributed by atoms with E-state index in [4.69, 9.17) is 0 Å². The first kappa shape index (κ1) is 10.6. The molecule has 1 rings (SSSR count). The molecule has 0 atom stereocenters. The van der Waals surface area contributed by atoms with Crippen molar-refractivity contribution in [3.05, 3.63) is 24.5 Å². The molecule has 0 saturated heterocycles. The SMILES string of the molecule is CC(C)CNC(=O)CNn1cccc1. The molecule has 1 heterocycles. The fourth-order valence-corrected chi connectivity index (χ4v) is 0.983. The lowest BCUT2D eigenvalue weighted by atomic mass is 10.2. The zero-order chi connectivity index (χ0) is 10.4. The molecule has 0 fully saturated rings. The number of aromatic nitrogens is 1. The van der Waals surface area contributed by atoms with Gasteiger partial charge in [0.1, 0.15) is 6.54 Å². The number of carbonyl (C=O) groups excluding carboxylic acids is 1. The summed E-state index contributed by atoms with van der Waals surface area (Å²) < 4.78 is 1.76. The lowest BCUT2D eigenvalue weighted by Crippen LogP contribution is -2.34. The van der Waals surface area contributed by atoms with Crippen LogP contribution in [0.5, 0.6) is 0 Å². The summed E-state index contributed by atoms with van der Waals surface area (Å²) in [5, 5.41) is 2.83. The summed E-state index contributed by atoms with van der Waals surface area (Å²) in [6.07, 6.45) is 3.71. The average Bonchev–Trinajstić information content (AvgIpc) is 2.63. The van der Waals surface area contributed by atoms with Crippen LogP contribution in [0.15, 0.2) is 24.5 Å². The Morgan fingerprint density at radius 2 is 2.00 bits per heavy atom. The Morgan fingerprint density at radius 3 is 2.57 bits per heavy atom. The van der Waals surface area contributed by atoms with Crippen LogP contribution in [0.1, 0.15) is 13.8 Å². The first-order chi connectivity index (χ1) is 6.68. The maximum Gasteiger partial charge on any atom is 0.240 e. The molecule has 1 amide bonds. The monoisotopic (exact) mass is 195 g/mol. The van der Waals surface area contributed by atoms with E-state index in [1.165, 1.54) is 0 Å². The third-order valence-corrected chi connectivity index (χ3v) is 1.73. The zero-order valence-electron chi connectivity index (χ0n) is 8.66. The molecular formula is C10H17N3O. The first-order valence-corrected chi connectivity index (χ1v) is 4.82. The molecule has 0 unspecified atom stereocenters. The van der Waals surface area contributed by atoms with Crippen molar-refractivity contribution in [1.29, 1.82) is 0 Å². The minimum absolute atomic E-state index is 0.0207. The molecule has 0 aliphatic carbocycles. The van der Waals surface area contributed by atoms with Crippen LogP contribution in [-0.4, -0.2) is 23.7 Å². The van der Waals surface area contributed by atoms with Gasteiger partial charge in [-0.3, -0.25) is 9.47 Å². The van der Waals surface area contributed by atoms with Crippen molar-refractivity contribution in [3.8, 4) is 0 Å². The van der Waals surface area contributed by atoms with E-state index in [0.717, 1.165) is 6.54 Å². The summed E-state index contributed by atoms with van der Waals surface area (Å²) >= 11 is 0. The van der Waals surface area contributed by atoms with E-state index < -0.39 is 0 Å². The molecular weight excluding hydrogens is 178 g/mol. The number of hydrogen-bond donors (Lipinski definition) is 2. The van der Waals surface area contributed by atoms with Gasteiger partial charge in [0.15, 0.2) is 0 Å². The Bertz CT molecular complexity index is 267. The summed E-state index contributed by atoms with van der Waals surface area (Å²) in [4.78, 5) is 11.3. The molecule has 0 aliphatic rings. The maximum atomic E-state index is 11.3. The van der Waals surface area contributed by atoms with E-state index in [1.807, 2.05) is 24.5 Å². The highest BCUT2D eigenvalue weighted by Gasteiger charge is 2.00. The Balaban J connectivity index is 2.15. The quantitative estimate of drug-likeness (QED) is 0.730. The smallest absolute Gasteiger partial charge is 0.240 e. The molecule has 4 nitrogen and oxygen atoms in total. The summed E-state index contributed by atoms with van der Waals surface area (Å²) in [6.45, 7) is 5.17. The molecule has 14 heavy (non-hydrogen) atoms. The lowest BCUT2D eigenvalue weighted by molar-refractivity contribution is -0.119. The average molecular weight is 195 g/mol. The van der Waals surface area contributed by atoms with Crippen LogP contribution in [0.25, 0.3) is 0 Å². The lowest BCUT2D eigenvalue weighted by Gasteiger charge is -2.09. The van der Waals surface area contributed by atoms with Gasteiger partial charge in [0.05, 0.1) is 0 Å². The first-order valence-electron chi connectivity index (χ1n) is 4.82. The van der Waals surface area contributed by atoms with Crippen molar-refractivity contribution in [3.63, 3.8) is 0 Å². The number of rotatable bonds is 5. The molecule has 4 heteroatoms. The summed E-state index contributed by atoms with van der Waals surface area (Å²) in [7, 11) is 0. The van der Waals surface area contributed by atoms with Crippen LogP contribution in [0, 0.1) is 5.92 Å². The topological polar surface area (TPSA) is 46.1 Å². The number of nitrogens with zero attached hydrogens (tertiary/aromatic N) is 1. The molecule has 0 aliphatic heterocycles. The molecule has 0 bridgehead atoms. The predicted molar refractivity (Wildman–Crippen MR) is 56.5 cm³/mol. The molecule has 2 N–H and O–H groups in total. The van der Waals surface area contributed by atoms with E-state index in [1.54, 1.807) is 4.68 Å². The van der Waals surface area contributed by atoms with Crippen LogP contribution in [0.3, 0.4) is 0 Å². The Hall–Kier alpha value is -1.45. The fraction of sp³-hybridized carbons (Fsp3) is 0.500. The van der Waals surface area contributed by atoms with Gasteiger partial charge in [-0.25, -0.2) is 0 Å². The van der Waals surface area contributed by atoms with E-state index in [0.29, 0.717) is 12.5 Å². The van der Waals surface area contributed by atoms with Gasteiger partial charge in [0, 0.05) is 18.9 Å². The highest BCUT2D eigenvalue weighted by atomic mass is 16.2. The second-order valence-corrected chi connectivity index (χ2v) is 3.62. The molecule has 0 radical (unpaired) electrons. The standard InChI is InChI=1S/C10H17N3O/c1-9(2)7-11-10(14)8-12-13-5-3-4-6-13/h3-6,9,12H,7-8H2,1-2H3,(H,11,14).